The Morgan fingerprint density at radius 2 is 1.89 bits per heavy atom. The van der Waals surface area contributed by atoms with Gasteiger partial charge in [0.1, 0.15) is 22.2 Å². The number of ether oxygens (including phenoxy) is 1. The molecule has 4 rings (SSSR count). The molecular formula is C23H19NO3S. The van der Waals surface area contributed by atoms with Crippen molar-refractivity contribution < 1.29 is 14.6 Å². The lowest BCUT2D eigenvalue weighted by atomic mass is 10.0. The number of rotatable bonds is 5. The zero-order chi connectivity index (χ0) is 19.7. The molecule has 3 aromatic carbocycles. The number of benzene rings is 3. The van der Waals surface area contributed by atoms with E-state index in [4.69, 9.17) is 4.74 Å². The number of nitrogens with zero attached hydrogens (tertiary/aromatic N) is 1. The molecule has 0 aliphatic heterocycles. The van der Waals surface area contributed by atoms with Gasteiger partial charge in [0.05, 0.1) is 11.3 Å². The lowest BCUT2D eigenvalue weighted by Crippen LogP contribution is -1.98. The fourth-order valence-corrected chi connectivity index (χ4v) is 4.23. The highest BCUT2D eigenvalue weighted by Crippen LogP contribution is 2.40. The van der Waals surface area contributed by atoms with E-state index < -0.39 is 5.97 Å². The number of carboxylic acids is 1. The topological polar surface area (TPSA) is 59.4 Å². The first-order valence-electron chi connectivity index (χ1n) is 8.94. The quantitative estimate of drug-likeness (QED) is 0.465. The Balaban J connectivity index is 1.81. The Hall–Kier alpha value is -3.18. The van der Waals surface area contributed by atoms with Crippen molar-refractivity contribution in [2.75, 3.05) is 0 Å². The molecule has 0 spiro atoms. The van der Waals surface area contributed by atoms with E-state index in [2.05, 4.69) is 24.0 Å². The van der Waals surface area contributed by atoms with Crippen LogP contribution in [0.15, 0.2) is 60.7 Å². The van der Waals surface area contributed by atoms with Gasteiger partial charge < -0.3 is 9.84 Å². The molecule has 4 nitrogen and oxygen atoms in total. The molecule has 0 amide bonds. The van der Waals surface area contributed by atoms with Crippen LogP contribution in [0.3, 0.4) is 0 Å². The van der Waals surface area contributed by atoms with Crippen molar-refractivity contribution in [1.82, 2.24) is 4.98 Å². The summed E-state index contributed by atoms with van der Waals surface area (Å²) < 4.78 is 6.17. The number of aromatic carboxylic acids is 1. The van der Waals surface area contributed by atoms with Crippen LogP contribution in [0, 0.1) is 13.8 Å². The maximum atomic E-state index is 11.5. The first-order valence-corrected chi connectivity index (χ1v) is 9.76. The summed E-state index contributed by atoms with van der Waals surface area (Å²) >= 11 is 1.18. The van der Waals surface area contributed by atoms with Gasteiger partial charge in [0.2, 0.25) is 0 Å². The van der Waals surface area contributed by atoms with Gasteiger partial charge in [-0.25, -0.2) is 9.78 Å². The zero-order valence-corrected chi connectivity index (χ0v) is 16.4. The molecule has 0 saturated heterocycles. The molecule has 0 unspecified atom stereocenters. The standard InChI is InChI=1S/C23H19NO3S/c1-14-6-5-7-16(12-14)13-27-19-11-10-17-8-3-4-9-18(17)20(19)22-24-15(2)21(28-22)23(25)26/h3-12H,13H2,1-2H3,(H,25,26). The van der Waals surface area contributed by atoms with Crippen LogP contribution < -0.4 is 4.74 Å². The average Bonchev–Trinajstić information content (AvgIpc) is 3.07. The molecule has 28 heavy (non-hydrogen) atoms. The highest BCUT2D eigenvalue weighted by Gasteiger charge is 2.20. The lowest BCUT2D eigenvalue weighted by molar-refractivity contribution is 0.0701. The van der Waals surface area contributed by atoms with E-state index in [1.54, 1.807) is 6.92 Å². The Morgan fingerprint density at radius 3 is 2.64 bits per heavy atom. The molecular weight excluding hydrogens is 370 g/mol. The van der Waals surface area contributed by atoms with E-state index >= 15 is 0 Å². The van der Waals surface area contributed by atoms with Crippen LogP contribution in [-0.4, -0.2) is 16.1 Å². The third kappa shape index (κ3) is 3.49. The normalized spacial score (nSPS) is 10.9. The smallest absolute Gasteiger partial charge is 0.347 e. The minimum Gasteiger partial charge on any atom is -0.488 e. The van der Waals surface area contributed by atoms with Gasteiger partial charge in [0.25, 0.3) is 0 Å². The van der Waals surface area contributed by atoms with Gasteiger partial charge in [-0.3, -0.25) is 0 Å². The second-order valence-electron chi connectivity index (χ2n) is 6.68. The number of hydrogen-bond acceptors (Lipinski definition) is 4. The maximum Gasteiger partial charge on any atom is 0.347 e. The SMILES string of the molecule is Cc1cccc(COc2ccc3ccccc3c2-c2nc(C)c(C(=O)O)s2)c1. The summed E-state index contributed by atoms with van der Waals surface area (Å²) in [5, 5.41) is 12.1. The van der Waals surface area contributed by atoms with Gasteiger partial charge >= 0.3 is 5.97 Å². The Bertz CT molecular complexity index is 1180. The minimum atomic E-state index is -0.955. The number of hydrogen-bond donors (Lipinski definition) is 1. The fourth-order valence-electron chi connectivity index (χ4n) is 3.26. The van der Waals surface area contributed by atoms with Crippen molar-refractivity contribution in [3.63, 3.8) is 0 Å². The molecule has 1 heterocycles. The molecule has 0 bridgehead atoms. The molecule has 0 saturated carbocycles. The van der Waals surface area contributed by atoms with Crippen LogP contribution in [0.2, 0.25) is 0 Å². The second-order valence-corrected chi connectivity index (χ2v) is 7.68. The van der Waals surface area contributed by atoms with E-state index in [0.29, 0.717) is 23.1 Å². The zero-order valence-electron chi connectivity index (χ0n) is 15.6. The summed E-state index contributed by atoms with van der Waals surface area (Å²) in [7, 11) is 0. The van der Waals surface area contributed by atoms with Crippen molar-refractivity contribution in [2.45, 2.75) is 20.5 Å². The van der Waals surface area contributed by atoms with Gasteiger partial charge in [-0.1, -0.05) is 60.2 Å². The third-order valence-electron chi connectivity index (χ3n) is 4.57. The van der Waals surface area contributed by atoms with Crippen molar-refractivity contribution in [3.05, 3.63) is 82.4 Å². The predicted octanol–water partition coefficient (Wildman–Crippen LogP) is 5.86. The molecule has 0 aliphatic rings. The molecule has 5 heteroatoms. The third-order valence-corrected chi connectivity index (χ3v) is 5.74. The van der Waals surface area contributed by atoms with E-state index in [0.717, 1.165) is 21.9 Å². The Kier molecular flexibility index (Phi) is 4.84. The molecule has 140 valence electrons. The molecule has 4 aromatic rings. The van der Waals surface area contributed by atoms with E-state index in [-0.39, 0.29) is 4.88 Å². The fraction of sp³-hybridized carbons (Fsp3) is 0.130. The molecule has 1 aromatic heterocycles. The molecule has 0 radical (unpaired) electrons. The van der Waals surface area contributed by atoms with Gasteiger partial charge in [-0.05, 0) is 36.2 Å². The monoisotopic (exact) mass is 389 g/mol. The first kappa shape index (κ1) is 18.2. The van der Waals surface area contributed by atoms with Crippen LogP contribution in [0.4, 0.5) is 0 Å². The number of fused-ring (bicyclic) bond motifs is 1. The highest BCUT2D eigenvalue weighted by molar-refractivity contribution is 7.17. The first-order chi connectivity index (χ1) is 13.5. The summed E-state index contributed by atoms with van der Waals surface area (Å²) in [5.41, 5.74) is 3.62. The second kappa shape index (κ2) is 7.44. The number of thiazole rings is 1. The number of carbonyl (C=O) groups is 1. The van der Waals surface area contributed by atoms with E-state index in [1.807, 2.05) is 48.5 Å². The van der Waals surface area contributed by atoms with Crippen LogP contribution in [0.25, 0.3) is 21.3 Å². The predicted molar refractivity (Wildman–Crippen MR) is 112 cm³/mol. The van der Waals surface area contributed by atoms with E-state index in [1.165, 1.54) is 16.9 Å². The molecule has 1 N–H and O–H groups in total. The Labute approximate surface area is 167 Å². The van der Waals surface area contributed by atoms with Gasteiger partial charge in [0.15, 0.2) is 0 Å². The van der Waals surface area contributed by atoms with Crippen LogP contribution in [-0.2, 0) is 6.61 Å². The number of aryl methyl sites for hydroxylation is 2. The van der Waals surface area contributed by atoms with Crippen molar-refractivity contribution in [2.24, 2.45) is 0 Å². The van der Waals surface area contributed by atoms with Gasteiger partial charge in [-0.2, -0.15) is 0 Å². The summed E-state index contributed by atoms with van der Waals surface area (Å²) in [6.07, 6.45) is 0. The van der Waals surface area contributed by atoms with Crippen LogP contribution in [0.5, 0.6) is 5.75 Å². The van der Waals surface area contributed by atoms with Crippen LogP contribution in [0.1, 0.15) is 26.5 Å². The van der Waals surface area contributed by atoms with Crippen LogP contribution >= 0.6 is 11.3 Å². The lowest BCUT2D eigenvalue weighted by Gasteiger charge is -2.13. The summed E-state index contributed by atoms with van der Waals surface area (Å²) in [6.45, 7) is 4.21. The molecule has 0 atom stereocenters. The van der Waals surface area contributed by atoms with Gasteiger partial charge in [0, 0.05) is 0 Å². The van der Waals surface area contributed by atoms with Crippen molar-refractivity contribution in [3.8, 4) is 16.3 Å². The highest BCUT2D eigenvalue weighted by atomic mass is 32.1. The number of carboxylic acid groups (broad SMARTS) is 1. The van der Waals surface area contributed by atoms with E-state index in [9.17, 15) is 9.90 Å². The number of aromatic nitrogens is 1. The minimum absolute atomic E-state index is 0.257. The van der Waals surface area contributed by atoms with Gasteiger partial charge in [-0.15, -0.1) is 11.3 Å². The molecule has 0 aliphatic carbocycles. The molecule has 0 fully saturated rings. The maximum absolute atomic E-state index is 11.5. The Morgan fingerprint density at radius 1 is 1.07 bits per heavy atom. The summed E-state index contributed by atoms with van der Waals surface area (Å²) in [6, 6.07) is 20.1. The largest absolute Gasteiger partial charge is 0.488 e. The van der Waals surface area contributed by atoms with Crippen molar-refractivity contribution in [1.29, 1.82) is 0 Å². The average molecular weight is 389 g/mol. The summed E-state index contributed by atoms with van der Waals surface area (Å²) in [5.74, 6) is -0.255. The summed E-state index contributed by atoms with van der Waals surface area (Å²) in [4.78, 5) is 16.3. The van der Waals surface area contributed by atoms with Crippen molar-refractivity contribution >= 4 is 28.1 Å².